The number of carbonyl (C=O) groups excluding carboxylic acids is 1. The molecule has 20 heavy (non-hydrogen) atoms. The Morgan fingerprint density at radius 3 is 2.70 bits per heavy atom. The van der Waals surface area contributed by atoms with Crippen LogP contribution in [0.2, 0.25) is 0 Å². The Labute approximate surface area is 124 Å². The molecule has 112 valence electrons. The van der Waals surface area contributed by atoms with E-state index in [0.29, 0.717) is 10.9 Å². The lowest BCUT2D eigenvalue weighted by atomic mass is 10.2. The number of unbranched alkanes of at least 4 members (excludes halogenated alkanes) is 1. The molecule has 1 aromatic rings. The van der Waals surface area contributed by atoms with Crippen molar-refractivity contribution in [2.24, 2.45) is 0 Å². The van der Waals surface area contributed by atoms with Gasteiger partial charge in [-0.05, 0) is 19.9 Å². The predicted octanol–water partition coefficient (Wildman–Crippen LogP) is 1.15. The molecular weight excluding hydrogens is 274 g/mol. The summed E-state index contributed by atoms with van der Waals surface area (Å²) in [5.74, 6) is 1.39. The van der Waals surface area contributed by atoms with Crippen molar-refractivity contribution in [3.8, 4) is 0 Å². The van der Waals surface area contributed by atoms with Gasteiger partial charge in [0, 0.05) is 26.2 Å². The number of carbonyl (C=O) groups is 1. The number of rotatable bonds is 6. The molecule has 0 saturated carbocycles. The van der Waals surface area contributed by atoms with E-state index in [1.165, 1.54) is 24.6 Å². The second-order valence-electron chi connectivity index (χ2n) is 5.07. The average Bonchev–Trinajstić information content (AvgIpc) is 2.89. The highest BCUT2D eigenvalue weighted by molar-refractivity contribution is 7.99. The van der Waals surface area contributed by atoms with E-state index in [2.05, 4.69) is 27.0 Å². The first kappa shape index (κ1) is 15.3. The van der Waals surface area contributed by atoms with Crippen molar-refractivity contribution in [3.63, 3.8) is 0 Å². The third kappa shape index (κ3) is 4.49. The van der Waals surface area contributed by atoms with E-state index in [1.54, 1.807) is 0 Å². The number of aryl methyl sites for hydroxylation is 1. The molecule has 1 aromatic heterocycles. The van der Waals surface area contributed by atoms with Crippen molar-refractivity contribution >= 4 is 17.7 Å². The van der Waals surface area contributed by atoms with Gasteiger partial charge in [0.15, 0.2) is 0 Å². The van der Waals surface area contributed by atoms with Gasteiger partial charge in [-0.2, -0.15) is 0 Å². The highest BCUT2D eigenvalue weighted by Crippen LogP contribution is 2.13. The number of hydrogen-bond acceptors (Lipinski definition) is 5. The van der Waals surface area contributed by atoms with E-state index in [0.717, 1.165) is 38.5 Å². The van der Waals surface area contributed by atoms with Crippen molar-refractivity contribution in [2.75, 3.05) is 38.5 Å². The minimum absolute atomic E-state index is 0.188. The van der Waals surface area contributed by atoms with E-state index in [9.17, 15) is 4.79 Å². The quantitative estimate of drug-likeness (QED) is 0.798. The van der Waals surface area contributed by atoms with Crippen LogP contribution in [0.4, 0.5) is 0 Å². The largest absolute Gasteiger partial charge is 0.339 e. The maximum absolute atomic E-state index is 12.1. The Hall–Kier alpha value is -1.08. The average molecular weight is 297 g/mol. The third-order valence-corrected chi connectivity index (χ3v) is 4.29. The molecular formula is C13H23N5OS. The maximum Gasteiger partial charge on any atom is 0.233 e. The Kier molecular flexibility index (Phi) is 5.85. The van der Waals surface area contributed by atoms with Gasteiger partial charge in [0.25, 0.3) is 0 Å². The Morgan fingerprint density at radius 2 is 2.10 bits per heavy atom. The fraction of sp³-hybridized carbons (Fsp3) is 0.769. The van der Waals surface area contributed by atoms with Crippen LogP contribution in [-0.2, 0) is 4.79 Å². The summed E-state index contributed by atoms with van der Waals surface area (Å²) < 4.78 is 0. The van der Waals surface area contributed by atoms with Gasteiger partial charge in [-0.3, -0.25) is 14.8 Å². The number of aromatic nitrogens is 3. The predicted molar refractivity (Wildman–Crippen MR) is 79.8 cm³/mol. The summed E-state index contributed by atoms with van der Waals surface area (Å²) in [5.41, 5.74) is 0. The molecule has 0 aromatic carbocycles. The van der Waals surface area contributed by atoms with E-state index in [4.69, 9.17) is 0 Å². The lowest BCUT2D eigenvalue weighted by molar-refractivity contribution is -0.130. The second-order valence-corrected chi connectivity index (χ2v) is 6.01. The first-order valence-electron chi connectivity index (χ1n) is 7.21. The zero-order valence-electron chi connectivity index (χ0n) is 12.3. The minimum Gasteiger partial charge on any atom is -0.339 e. The summed E-state index contributed by atoms with van der Waals surface area (Å²) in [4.78, 5) is 20.7. The normalized spacial score (nSPS) is 16.6. The minimum atomic E-state index is 0.188. The Morgan fingerprint density at radius 1 is 1.35 bits per heavy atom. The molecule has 0 aliphatic carbocycles. The molecule has 1 fully saturated rings. The van der Waals surface area contributed by atoms with Crippen molar-refractivity contribution in [1.29, 1.82) is 0 Å². The van der Waals surface area contributed by atoms with Crippen molar-refractivity contribution < 1.29 is 4.79 Å². The number of hydrogen-bond donors (Lipinski definition) is 1. The fourth-order valence-electron chi connectivity index (χ4n) is 2.21. The van der Waals surface area contributed by atoms with Crippen LogP contribution in [0.25, 0.3) is 0 Å². The first-order valence-corrected chi connectivity index (χ1v) is 8.19. The van der Waals surface area contributed by atoms with Crippen molar-refractivity contribution in [1.82, 2.24) is 25.0 Å². The van der Waals surface area contributed by atoms with Crippen LogP contribution < -0.4 is 0 Å². The molecule has 6 nitrogen and oxygen atoms in total. The molecule has 0 radical (unpaired) electrons. The van der Waals surface area contributed by atoms with Gasteiger partial charge in [-0.1, -0.05) is 25.1 Å². The summed E-state index contributed by atoms with van der Waals surface area (Å²) in [7, 11) is 0. The number of piperazine rings is 1. The van der Waals surface area contributed by atoms with Crippen LogP contribution in [0.5, 0.6) is 0 Å². The molecule has 0 atom stereocenters. The molecule has 2 rings (SSSR count). The van der Waals surface area contributed by atoms with Crippen molar-refractivity contribution in [2.45, 2.75) is 31.8 Å². The van der Waals surface area contributed by atoms with E-state index >= 15 is 0 Å². The highest BCUT2D eigenvalue weighted by Gasteiger charge is 2.20. The molecule has 0 spiro atoms. The molecule has 1 amide bonds. The third-order valence-electron chi connectivity index (χ3n) is 3.45. The van der Waals surface area contributed by atoms with Crippen molar-refractivity contribution in [3.05, 3.63) is 5.82 Å². The zero-order valence-corrected chi connectivity index (χ0v) is 13.1. The standard InChI is InChI=1S/C13H23N5OS/c1-3-4-5-17-6-8-18(9-7-17)12(19)10-20-13-14-11(2)15-16-13/h3-10H2,1-2H3,(H,14,15,16). The van der Waals surface area contributed by atoms with Gasteiger partial charge in [-0.25, -0.2) is 4.98 Å². The van der Waals surface area contributed by atoms with Gasteiger partial charge >= 0.3 is 0 Å². The van der Waals surface area contributed by atoms with Crippen LogP contribution in [0, 0.1) is 6.92 Å². The molecule has 0 unspecified atom stereocenters. The number of thioether (sulfide) groups is 1. The lowest BCUT2D eigenvalue weighted by Gasteiger charge is -2.34. The summed E-state index contributed by atoms with van der Waals surface area (Å²) >= 11 is 1.40. The second kappa shape index (κ2) is 7.64. The molecule has 1 aliphatic heterocycles. The number of nitrogens with zero attached hydrogens (tertiary/aromatic N) is 4. The number of H-pyrrole nitrogens is 1. The van der Waals surface area contributed by atoms with E-state index < -0.39 is 0 Å². The van der Waals surface area contributed by atoms with Gasteiger partial charge < -0.3 is 4.90 Å². The van der Waals surface area contributed by atoms with Gasteiger partial charge in [-0.15, -0.1) is 5.10 Å². The van der Waals surface area contributed by atoms with Gasteiger partial charge in [0.1, 0.15) is 5.82 Å². The summed E-state index contributed by atoms with van der Waals surface area (Å²) in [5, 5.41) is 7.46. The van der Waals surface area contributed by atoms with Gasteiger partial charge in [0.2, 0.25) is 11.1 Å². The molecule has 2 heterocycles. The monoisotopic (exact) mass is 297 g/mol. The molecule has 1 saturated heterocycles. The van der Waals surface area contributed by atoms with Crippen LogP contribution in [-0.4, -0.2) is 69.4 Å². The molecule has 0 bridgehead atoms. The summed E-state index contributed by atoms with van der Waals surface area (Å²) in [6.07, 6.45) is 2.47. The topological polar surface area (TPSA) is 65.1 Å². The van der Waals surface area contributed by atoms with Crippen LogP contribution in [0.1, 0.15) is 25.6 Å². The smallest absolute Gasteiger partial charge is 0.233 e. The number of aromatic amines is 1. The Bertz CT molecular complexity index is 428. The zero-order chi connectivity index (χ0) is 14.4. The molecule has 7 heteroatoms. The summed E-state index contributed by atoms with van der Waals surface area (Å²) in [6, 6.07) is 0. The fourth-order valence-corrected chi connectivity index (χ4v) is 2.95. The Balaban J connectivity index is 1.69. The number of nitrogens with one attached hydrogen (secondary N) is 1. The van der Waals surface area contributed by atoms with Gasteiger partial charge in [0.05, 0.1) is 5.75 Å². The van der Waals surface area contributed by atoms with E-state index in [-0.39, 0.29) is 5.91 Å². The highest BCUT2D eigenvalue weighted by atomic mass is 32.2. The maximum atomic E-state index is 12.1. The first-order chi connectivity index (χ1) is 9.69. The van der Waals surface area contributed by atoms with E-state index in [1.807, 2.05) is 11.8 Å². The number of amides is 1. The SMILES string of the molecule is CCCCN1CCN(C(=O)CSc2n[nH]c(C)n2)CC1. The molecule has 1 N–H and O–H groups in total. The molecule has 1 aliphatic rings. The van der Waals surface area contributed by atoms with Crippen LogP contribution in [0.15, 0.2) is 5.16 Å². The van der Waals surface area contributed by atoms with Crippen LogP contribution in [0.3, 0.4) is 0 Å². The van der Waals surface area contributed by atoms with Crippen LogP contribution >= 0.6 is 11.8 Å². The lowest BCUT2D eigenvalue weighted by Crippen LogP contribution is -2.49. The summed E-state index contributed by atoms with van der Waals surface area (Å²) in [6.45, 7) is 8.90.